The van der Waals surface area contributed by atoms with E-state index in [9.17, 15) is 18.0 Å². The summed E-state index contributed by atoms with van der Waals surface area (Å²) in [6.07, 6.45) is 0.915. The minimum Gasteiger partial charge on any atom is -0.425 e. The van der Waals surface area contributed by atoms with E-state index >= 15 is 0 Å². The van der Waals surface area contributed by atoms with E-state index in [-0.39, 0.29) is 34.4 Å². The minimum absolute atomic E-state index is 0.00647. The monoisotopic (exact) mass is 392 g/mol. The molecular weight excluding hydrogens is 372 g/mol. The van der Waals surface area contributed by atoms with Crippen LogP contribution in [-0.2, 0) is 14.8 Å². The highest BCUT2D eigenvalue weighted by Gasteiger charge is 2.42. The lowest BCUT2D eigenvalue weighted by Crippen LogP contribution is -2.42. The van der Waals surface area contributed by atoms with Gasteiger partial charge in [0.1, 0.15) is 22.4 Å². The van der Waals surface area contributed by atoms with Gasteiger partial charge in [-0.15, -0.1) is 0 Å². The predicted molar refractivity (Wildman–Crippen MR) is 95.0 cm³/mol. The highest BCUT2D eigenvalue weighted by Crippen LogP contribution is 2.30. The third-order valence-corrected chi connectivity index (χ3v) is 6.64. The molecule has 3 rings (SSSR count). The van der Waals surface area contributed by atoms with Crippen LogP contribution in [-0.4, -0.2) is 42.2 Å². The van der Waals surface area contributed by atoms with Gasteiger partial charge < -0.3 is 9.26 Å². The molecule has 0 radical (unpaired) electrons. The van der Waals surface area contributed by atoms with Crippen LogP contribution >= 0.6 is 0 Å². The Bertz CT molecular complexity index is 958. The van der Waals surface area contributed by atoms with Crippen molar-refractivity contribution in [2.24, 2.45) is 0 Å². The molecule has 0 unspecified atom stereocenters. The van der Waals surface area contributed by atoms with Crippen LogP contribution in [0.2, 0.25) is 0 Å². The maximum absolute atomic E-state index is 13.0. The lowest BCUT2D eigenvalue weighted by molar-refractivity contribution is -0.137. The molecule has 1 aromatic carbocycles. The molecule has 9 heteroatoms. The third kappa shape index (κ3) is 3.65. The summed E-state index contributed by atoms with van der Waals surface area (Å²) in [5.74, 6) is -0.309. The van der Waals surface area contributed by atoms with Crippen molar-refractivity contribution in [2.75, 3.05) is 6.54 Å². The number of aromatic nitrogens is 1. The zero-order valence-corrected chi connectivity index (χ0v) is 16.1. The van der Waals surface area contributed by atoms with Crippen molar-refractivity contribution in [3.05, 3.63) is 41.3 Å². The molecule has 0 bridgehead atoms. The van der Waals surface area contributed by atoms with Gasteiger partial charge in [0.25, 0.3) is 0 Å². The second-order valence-electron chi connectivity index (χ2n) is 6.43. The van der Waals surface area contributed by atoms with Crippen molar-refractivity contribution in [3.8, 4) is 5.75 Å². The molecule has 1 atom stereocenters. The molecule has 1 saturated heterocycles. The number of Topliss-reactive ketones (excluding diaryl/α,β-unsaturated/α-hetero) is 1. The van der Waals surface area contributed by atoms with E-state index in [1.54, 1.807) is 19.1 Å². The standard InChI is InChI=1S/C18H20N2O6S/c1-11-17(13(3)26-19-11)27(23,24)20-10-4-5-16(20)18(22)25-15-8-6-14(7-9-15)12(2)21/h6-9,16H,4-5,10H2,1-3H3/t16-/m0/s1. The predicted octanol–water partition coefficient (Wildman–Crippen LogP) is 2.25. The van der Waals surface area contributed by atoms with E-state index in [1.807, 2.05) is 0 Å². The zero-order chi connectivity index (χ0) is 19.8. The van der Waals surface area contributed by atoms with Crippen LogP contribution in [0.3, 0.4) is 0 Å². The number of hydrogen-bond acceptors (Lipinski definition) is 7. The maximum Gasteiger partial charge on any atom is 0.329 e. The summed E-state index contributed by atoms with van der Waals surface area (Å²) in [5, 5.41) is 3.69. The summed E-state index contributed by atoms with van der Waals surface area (Å²) in [7, 11) is -3.93. The third-order valence-electron chi connectivity index (χ3n) is 4.49. The second kappa shape index (κ2) is 7.24. The number of nitrogens with zero attached hydrogens (tertiary/aromatic N) is 2. The van der Waals surface area contributed by atoms with Crippen LogP contribution in [0.5, 0.6) is 5.75 Å². The number of carbonyl (C=O) groups is 2. The lowest BCUT2D eigenvalue weighted by Gasteiger charge is -2.22. The van der Waals surface area contributed by atoms with Gasteiger partial charge >= 0.3 is 5.97 Å². The van der Waals surface area contributed by atoms with Gasteiger partial charge in [-0.2, -0.15) is 4.31 Å². The molecule has 2 heterocycles. The quantitative estimate of drug-likeness (QED) is 0.436. The molecule has 8 nitrogen and oxygen atoms in total. The molecule has 1 aromatic heterocycles. The largest absolute Gasteiger partial charge is 0.425 e. The van der Waals surface area contributed by atoms with Crippen LogP contribution in [0.15, 0.2) is 33.7 Å². The number of ether oxygens (including phenoxy) is 1. The van der Waals surface area contributed by atoms with Gasteiger partial charge in [0.15, 0.2) is 11.5 Å². The lowest BCUT2D eigenvalue weighted by atomic mass is 10.1. The van der Waals surface area contributed by atoms with Gasteiger partial charge in [-0.25, -0.2) is 13.2 Å². The summed E-state index contributed by atoms with van der Waals surface area (Å²) < 4.78 is 37.5. The summed E-state index contributed by atoms with van der Waals surface area (Å²) in [6, 6.07) is 5.21. The average molecular weight is 392 g/mol. The molecule has 1 aliphatic heterocycles. The van der Waals surface area contributed by atoms with Crippen LogP contribution in [0.4, 0.5) is 0 Å². The van der Waals surface area contributed by atoms with Gasteiger partial charge in [0.2, 0.25) is 10.0 Å². The first-order valence-corrected chi connectivity index (χ1v) is 9.93. The molecule has 0 aliphatic carbocycles. The number of hydrogen-bond donors (Lipinski definition) is 0. The van der Waals surface area contributed by atoms with Gasteiger partial charge in [-0.3, -0.25) is 4.79 Å². The molecule has 0 amide bonds. The molecular formula is C18H20N2O6S. The van der Waals surface area contributed by atoms with Gasteiger partial charge in [-0.05, 0) is 57.9 Å². The average Bonchev–Trinajstić information content (AvgIpc) is 3.23. The van der Waals surface area contributed by atoms with E-state index in [0.29, 0.717) is 18.4 Å². The first kappa shape index (κ1) is 19.2. The van der Waals surface area contributed by atoms with Crippen molar-refractivity contribution in [1.82, 2.24) is 9.46 Å². The van der Waals surface area contributed by atoms with Crippen LogP contribution in [0, 0.1) is 13.8 Å². The van der Waals surface area contributed by atoms with Crippen molar-refractivity contribution in [2.45, 2.75) is 44.6 Å². The first-order valence-electron chi connectivity index (χ1n) is 8.49. The molecule has 1 fully saturated rings. The fraction of sp³-hybridized carbons (Fsp3) is 0.389. The number of esters is 1. The maximum atomic E-state index is 13.0. The van der Waals surface area contributed by atoms with E-state index in [1.165, 1.54) is 26.0 Å². The molecule has 2 aromatic rings. The Hall–Kier alpha value is -2.52. The summed E-state index contributed by atoms with van der Waals surface area (Å²) in [4.78, 5) is 23.9. The summed E-state index contributed by atoms with van der Waals surface area (Å²) in [5.41, 5.74) is 0.754. The van der Waals surface area contributed by atoms with Gasteiger partial charge in [0.05, 0.1) is 0 Å². The highest BCUT2D eigenvalue weighted by molar-refractivity contribution is 7.89. The number of carbonyl (C=O) groups excluding carboxylic acids is 2. The molecule has 0 saturated carbocycles. The highest BCUT2D eigenvalue weighted by atomic mass is 32.2. The number of rotatable bonds is 5. The number of ketones is 1. The van der Waals surface area contributed by atoms with Crippen molar-refractivity contribution in [3.63, 3.8) is 0 Å². The fourth-order valence-electron chi connectivity index (χ4n) is 3.17. The zero-order valence-electron chi connectivity index (χ0n) is 15.3. The van der Waals surface area contributed by atoms with Gasteiger partial charge in [-0.1, -0.05) is 5.16 Å². The van der Waals surface area contributed by atoms with Crippen LogP contribution in [0.25, 0.3) is 0 Å². The van der Waals surface area contributed by atoms with Crippen molar-refractivity contribution >= 4 is 21.8 Å². The van der Waals surface area contributed by atoms with Crippen LogP contribution in [0.1, 0.15) is 41.6 Å². The molecule has 1 aliphatic rings. The van der Waals surface area contributed by atoms with Crippen molar-refractivity contribution < 1.29 is 27.3 Å². The molecule has 144 valence electrons. The topological polar surface area (TPSA) is 107 Å². The Balaban J connectivity index is 1.81. The minimum atomic E-state index is -3.93. The SMILES string of the molecule is CC(=O)c1ccc(OC(=O)[C@@H]2CCCN2S(=O)(=O)c2c(C)noc2C)cc1. The van der Waals surface area contributed by atoms with E-state index in [0.717, 1.165) is 4.31 Å². The van der Waals surface area contributed by atoms with Crippen molar-refractivity contribution in [1.29, 1.82) is 0 Å². The molecule has 0 spiro atoms. The van der Waals surface area contributed by atoms with E-state index in [2.05, 4.69) is 5.16 Å². The van der Waals surface area contributed by atoms with Gasteiger partial charge in [0, 0.05) is 12.1 Å². The Morgan fingerprint density at radius 1 is 1.22 bits per heavy atom. The number of aryl methyl sites for hydroxylation is 2. The smallest absolute Gasteiger partial charge is 0.329 e. The first-order chi connectivity index (χ1) is 12.7. The summed E-state index contributed by atoms with van der Waals surface area (Å²) >= 11 is 0. The Labute approximate surface area is 157 Å². The van der Waals surface area contributed by atoms with E-state index < -0.39 is 22.0 Å². The molecule has 27 heavy (non-hydrogen) atoms. The van der Waals surface area contributed by atoms with E-state index in [4.69, 9.17) is 9.26 Å². The second-order valence-corrected chi connectivity index (χ2v) is 8.26. The Morgan fingerprint density at radius 3 is 2.44 bits per heavy atom. The van der Waals surface area contributed by atoms with Crippen LogP contribution < -0.4 is 4.74 Å². The number of sulfonamides is 1. The normalized spacial score (nSPS) is 17.8. The Kier molecular flexibility index (Phi) is 5.16. The Morgan fingerprint density at radius 2 is 1.89 bits per heavy atom. The summed E-state index contributed by atoms with van der Waals surface area (Å²) in [6.45, 7) is 4.72. The molecule has 0 N–H and O–H groups in total. The number of benzene rings is 1. The fourth-order valence-corrected chi connectivity index (χ4v) is 5.11.